The van der Waals surface area contributed by atoms with Gasteiger partial charge in [0.25, 0.3) is 5.91 Å². The number of carbonyl (C=O) groups excluding carboxylic acids is 1. The minimum absolute atomic E-state index is 0.0551. The van der Waals surface area contributed by atoms with Crippen LogP contribution in [0.3, 0.4) is 0 Å². The molecule has 1 amide bonds. The lowest BCUT2D eigenvalue weighted by atomic mass is 10.1. The first-order valence-corrected chi connectivity index (χ1v) is 7.83. The quantitative estimate of drug-likeness (QED) is 0.127. The van der Waals surface area contributed by atoms with Crippen molar-refractivity contribution in [3.63, 3.8) is 0 Å². The first-order chi connectivity index (χ1) is 9.69. The Morgan fingerprint density at radius 2 is 2.25 bits per heavy atom. The molecule has 0 fully saturated rings. The summed E-state index contributed by atoms with van der Waals surface area (Å²) in [6, 6.07) is 0. The largest absolute Gasteiger partial charge is 0.410 e. The van der Waals surface area contributed by atoms with Crippen LogP contribution in [0.5, 0.6) is 0 Å². The first-order valence-electron chi connectivity index (χ1n) is 6.08. The highest BCUT2D eigenvalue weighted by atomic mass is 79.9. The number of hydrogen-bond acceptors (Lipinski definition) is 5. The summed E-state index contributed by atoms with van der Waals surface area (Å²) in [6.45, 7) is 2.31. The molecule has 0 aromatic rings. The molecule has 0 heterocycles. The summed E-state index contributed by atoms with van der Waals surface area (Å²) in [4.78, 5) is 11.7. The minimum Gasteiger partial charge on any atom is -0.410 e. The molecule has 0 rings (SSSR count). The SMILES string of the molecule is C/C=C/N/C=C(\C=C\CBr)C/C(=N\O)C(=O)NCCS. The number of rotatable bonds is 9. The maximum Gasteiger partial charge on any atom is 0.269 e. The van der Waals surface area contributed by atoms with E-state index in [1.165, 1.54) is 0 Å². The third-order valence-electron chi connectivity index (χ3n) is 2.10. The molecule has 0 aliphatic rings. The number of oxime groups is 1. The van der Waals surface area contributed by atoms with E-state index < -0.39 is 5.91 Å². The van der Waals surface area contributed by atoms with Gasteiger partial charge in [0.05, 0.1) is 0 Å². The summed E-state index contributed by atoms with van der Waals surface area (Å²) in [5, 5.41) is 18.3. The average molecular weight is 362 g/mol. The van der Waals surface area contributed by atoms with Gasteiger partial charge < -0.3 is 15.8 Å². The molecule has 0 saturated heterocycles. The minimum atomic E-state index is -0.397. The van der Waals surface area contributed by atoms with Crippen LogP contribution in [0.15, 0.2) is 41.4 Å². The molecule has 0 aliphatic carbocycles. The summed E-state index contributed by atoms with van der Waals surface area (Å²) >= 11 is 7.29. The summed E-state index contributed by atoms with van der Waals surface area (Å²) in [5.41, 5.74) is 0.871. The average Bonchev–Trinajstić information content (AvgIpc) is 2.47. The van der Waals surface area contributed by atoms with E-state index in [0.717, 1.165) is 5.57 Å². The fraction of sp³-hybridized carbons (Fsp3) is 0.385. The molecule has 0 aromatic carbocycles. The highest BCUT2D eigenvalue weighted by Crippen LogP contribution is 2.05. The molecule has 3 N–H and O–H groups in total. The fourth-order valence-electron chi connectivity index (χ4n) is 1.23. The van der Waals surface area contributed by atoms with E-state index in [2.05, 4.69) is 44.3 Å². The normalized spacial score (nSPS) is 13.2. The van der Waals surface area contributed by atoms with Crippen molar-refractivity contribution >= 4 is 40.2 Å². The highest BCUT2D eigenvalue weighted by molar-refractivity contribution is 9.09. The molecule has 0 bridgehead atoms. The molecule has 0 unspecified atom stereocenters. The Morgan fingerprint density at radius 3 is 2.80 bits per heavy atom. The second-order valence-corrected chi connectivity index (χ2v) is 4.74. The van der Waals surface area contributed by atoms with Crippen LogP contribution in [0, 0.1) is 0 Å². The summed E-state index contributed by atoms with van der Waals surface area (Å²) in [7, 11) is 0. The van der Waals surface area contributed by atoms with Crippen molar-refractivity contribution in [3.8, 4) is 0 Å². The maximum atomic E-state index is 11.7. The van der Waals surface area contributed by atoms with E-state index >= 15 is 0 Å². The van der Waals surface area contributed by atoms with Crippen LogP contribution in [0.25, 0.3) is 0 Å². The Kier molecular flexibility index (Phi) is 12.0. The molecule has 7 heteroatoms. The van der Waals surface area contributed by atoms with Crippen LogP contribution in [0.1, 0.15) is 13.3 Å². The van der Waals surface area contributed by atoms with E-state index in [1.54, 1.807) is 12.4 Å². The number of nitrogens with zero attached hydrogens (tertiary/aromatic N) is 1. The maximum absolute atomic E-state index is 11.7. The molecule has 0 saturated carbocycles. The number of carbonyl (C=O) groups is 1. The Balaban J connectivity index is 4.79. The Morgan fingerprint density at radius 1 is 1.50 bits per heavy atom. The predicted molar refractivity (Wildman–Crippen MR) is 89.7 cm³/mol. The van der Waals surface area contributed by atoms with Crippen molar-refractivity contribution in [2.24, 2.45) is 5.16 Å². The van der Waals surface area contributed by atoms with Crippen molar-refractivity contribution in [2.45, 2.75) is 13.3 Å². The van der Waals surface area contributed by atoms with Crippen molar-refractivity contribution in [1.82, 2.24) is 10.6 Å². The van der Waals surface area contributed by atoms with Gasteiger partial charge in [-0.3, -0.25) is 4.79 Å². The molecule has 0 spiro atoms. The third kappa shape index (κ3) is 8.82. The van der Waals surface area contributed by atoms with Crippen LogP contribution in [-0.4, -0.2) is 34.5 Å². The number of amides is 1. The molecule has 0 radical (unpaired) electrons. The zero-order valence-electron chi connectivity index (χ0n) is 11.3. The molecule has 0 aliphatic heterocycles. The van der Waals surface area contributed by atoms with E-state index in [0.29, 0.717) is 17.6 Å². The van der Waals surface area contributed by atoms with Gasteiger partial charge in [0, 0.05) is 30.2 Å². The Hall–Kier alpha value is -1.21. The van der Waals surface area contributed by atoms with Gasteiger partial charge in [0.2, 0.25) is 0 Å². The second kappa shape index (κ2) is 12.8. The molecule has 0 aromatic heterocycles. The number of halogens is 1. The Bertz CT molecular complexity index is 406. The zero-order valence-corrected chi connectivity index (χ0v) is 13.8. The molecule has 0 atom stereocenters. The van der Waals surface area contributed by atoms with Gasteiger partial charge in [0.1, 0.15) is 5.71 Å². The summed E-state index contributed by atoms with van der Waals surface area (Å²) in [5.74, 6) is 0.130. The van der Waals surface area contributed by atoms with Crippen molar-refractivity contribution in [2.75, 3.05) is 17.6 Å². The zero-order chi connectivity index (χ0) is 15.2. The van der Waals surface area contributed by atoms with Gasteiger partial charge in [0.15, 0.2) is 0 Å². The van der Waals surface area contributed by atoms with Gasteiger partial charge in [-0.1, -0.05) is 39.3 Å². The third-order valence-corrected chi connectivity index (χ3v) is 2.70. The Labute approximate surface area is 133 Å². The van der Waals surface area contributed by atoms with Gasteiger partial charge >= 0.3 is 0 Å². The monoisotopic (exact) mass is 361 g/mol. The van der Waals surface area contributed by atoms with Gasteiger partial charge in [-0.15, -0.1) is 0 Å². The lowest BCUT2D eigenvalue weighted by Crippen LogP contribution is -2.32. The van der Waals surface area contributed by atoms with Gasteiger partial charge in [-0.05, 0) is 18.7 Å². The predicted octanol–water partition coefficient (Wildman–Crippen LogP) is 2.21. The fourth-order valence-corrected chi connectivity index (χ4v) is 1.53. The summed E-state index contributed by atoms with van der Waals surface area (Å²) < 4.78 is 0. The molecule has 5 nitrogen and oxygen atoms in total. The smallest absolute Gasteiger partial charge is 0.269 e. The lowest BCUT2D eigenvalue weighted by molar-refractivity contribution is -0.114. The van der Waals surface area contributed by atoms with E-state index in [1.807, 2.05) is 25.2 Å². The highest BCUT2D eigenvalue weighted by Gasteiger charge is 2.12. The van der Waals surface area contributed by atoms with E-state index in [4.69, 9.17) is 5.21 Å². The van der Waals surface area contributed by atoms with Crippen molar-refractivity contribution in [1.29, 1.82) is 0 Å². The number of alkyl halides is 1. The van der Waals surface area contributed by atoms with Crippen LogP contribution < -0.4 is 10.6 Å². The van der Waals surface area contributed by atoms with Gasteiger partial charge in [-0.2, -0.15) is 12.6 Å². The van der Waals surface area contributed by atoms with Crippen LogP contribution in [0.2, 0.25) is 0 Å². The van der Waals surface area contributed by atoms with Crippen LogP contribution in [0.4, 0.5) is 0 Å². The van der Waals surface area contributed by atoms with Crippen LogP contribution >= 0.6 is 28.6 Å². The van der Waals surface area contributed by atoms with E-state index in [-0.39, 0.29) is 12.1 Å². The molecular weight excluding hydrogens is 342 g/mol. The van der Waals surface area contributed by atoms with Crippen LogP contribution in [-0.2, 0) is 4.79 Å². The molecule has 112 valence electrons. The van der Waals surface area contributed by atoms with Crippen molar-refractivity contribution < 1.29 is 10.0 Å². The van der Waals surface area contributed by atoms with Crippen molar-refractivity contribution in [3.05, 3.63) is 36.2 Å². The summed E-state index contributed by atoms with van der Waals surface area (Å²) in [6.07, 6.45) is 9.33. The number of hydrogen-bond donors (Lipinski definition) is 4. The number of nitrogens with one attached hydrogen (secondary N) is 2. The number of thiol groups is 1. The second-order valence-electron chi connectivity index (χ2n) is 3.65. The van der Waals surface area contributed by atoms with Gasteiger partial charge in [-0.25, -0.2) is 0 Å². The van der Waals surface area contributed by atoms with E-state index in [9.17, 15) is 4.79 Å². The first kappa shape index (κ1) is 18.8. The lowest BCUT2D eigenvalue weighted by Gasteiger charge is -2.06. The number of allylic oxidation sites excluding steroid dienone is 4. The topological polar surface area (TPSA) is 73.7 Å². The standard InChI is InChI=1S/C13H20BrN3O2S/c1-2-6-15-10-11(4-3-5-14)9-12(17-19)13(18)16-7-8-20/h2-4,6,10,15,19-20H,5,7-9H2,1H3,(H,16,18)/b4-3+,6-2+,11-10+,17-12+. The molecular formula is C13H20BrN3O2S. The molecule has 20 heavy (non-hydrogen) atoms.